The zero-order valence-corrected chi connectivity index (χ0v) is 20.9. The summed E-state index contributed by atoms with van der Waals surface area (Å²) in [5, 5.41) is 8.92. The summed E-state index contributed by atoms with van der Waals surface area (Å²) in [7, 11) is 0. The van der Waals surface area contributed by atoms with E-state index in [2.05, 4.69) is 15.9 Å². The fourth-order valence-corrected chi connectivity index (χ4v) is 4.21. The topological polar surface area (TPSA) is 156 Å². The number of anilines is 1. The number of rotatable bonds is 10. The molecular formula is C26H32N6O5+. The SMILES string of the molecule is C[C@H](N)C(=O)N[C@@H](C)C(=O)N1CCC[C@H]1C(=O)N[C@@H](Cc1ccccc1)C(=O)N([N+]=O)c1ccccc1. The van der Waals surface area contributed by atoms with Crippen LogP contribution in [0.1, 0.15) is 32.3 Å². The molecule has 1 saturated heterocycles. The number of carbonyl (C=O) groups is 4. The number of nitrogens with one attached hydrogen (secondary N) is 2. The van der Waals surface area contributed by atoms with Gasteiger partial charge in [-0.2, -0.15) is 0 Å². The third kappa shape index (κ3) is 6.98. The van der Waals surface area contributed by atoms with E-state index in [9.17, 15) is 24.1 Å². The van der Waals surface area contributed by atoms with Crippen molar-refractivity contribution in [3.63, 3.8) is 0 Å². The van der Waals surface area contributed by atoms with Crippen molar-refractivity contribution >= 4 is 29.3 Å². The number of amides is 4. The number of likely N-dealkylation sites (tertiary alicyclic amines) is 1. The second kappa shape index (κ2) is 12.7. The van der Waals surface area contributed by atoms with Gasteiger partial charge in [0.25, 0.3) is 0 Å². The molecule has 0 bridgehead atoms. The molecule has 0 spiro atoms. The highest BCUT2D eigenvalue weighted by Gasteiger charge is 2.40. The van der Waals surface area contributed by atoms with E-state index in [1.54, 1.807) is 42.5 Å². The minimum Gasteiger partial charge on any atom is -0.343 e. The van der Waals surface area contributed by atoms with Crippen molar-refractivity contribution in [3.8, 4) is 0 Å². The van der Waals surface area contributed by atoms with Gasteiger partial charge in [0.15, 0.2) is 0 Å². The summed E-state index contributed by atoms with van der Waals surface area (Å²) in [4.78, 5) is 64.8. The lowest BCUT2D eigenvalue weighted by Gasteiger charge is -2.28. The summed E-state index contributed by atoms with van der Waals surface area (Å²) < 4.78 is 0. The summed E-state index contributed by atoms with van der Waals surface area (Å²) in [6.07, 6.45) is 1.10. The Hall–Kier alpha value is -4.12. The van der Waals surface area contributed by atoms with E-state index in [4.69, 9.17) is 5.73 Å². The fraction of sp³-hybridized carbons (Fsp3) is 0.385. The van der Waals surface area contributed by atoms with Crippen molar-refractivity contribution < 1.29 is 19.2 Å². The lowest BCUT2D eigenvalue weighted by atomic mass is 10.0. The molecule has 0 aliphatic carbocycles. The Morgan fingerprint density at radius 3 is 2.24 bits per heavy atom. The third-order valence-corrected chi connectivity index (χ3v) is 6.17. The van der Waals surface area contributed by atoms with Crippen molar-refractivity contribution in [2.75, 3.05) is 11.6 Å². The highest BCUT2D eigenvalue weighted by atomic mass is 16.3. The maximum absolute atomic E-state index is 13.4. The molecule has 11 nitrogen and oxygen atoms in total. The molecule has 2 aromatic carbocycles. The molecule has 3 rings (SSSR count). The fourth-order valence-electron chi connectivity index (χ4n) is 4.21. The van der Waals surface area contributed by atoms with Crippen molar-refractivity contribution in [2.24, 2.45) is 5.73 Å². The normalized spacial score (nSPS) is 17.3. The van der Waals surface area contributed by atoms with E-state index in [0.717, 1.165) is 10.6 Å². The number of nitrogens with zero attached hydrogens (tertiary/aromatic N) is 3. The van der Waals surface area contributed by atoms with Crippen molar-refractivity contribution in [1.82, 2.24) is 20.8 Å². The first-order chi connectivity index (χ1) is 17.7. The number of nitrogens with two attached hydrogens (primary N) is 1. The quantitative estimate of drug-likeness (QED) is 0.399. The molecule has 4 N–H and O–H groups in total. The first kappa shape index (κ1) is 27.5. The van der Waals surface area contributed by atoms with Gasteiger partial charge in [0.2, 0.25) is 17.7 Å². The average Bonchev–Trinajstić information content (AvgIpc) is 3.39. The highest BCUT2D eigenvalue weighted by molar-refractivity contribution is 6.00. The highest BCUT2D eigenvalue weighted by Crippen LogP contribution is 2.20. The molecule has 195 valence electrons. The van der Waals surface area contributed by atoms with Crippen LogP contribution in [-0.2, 0) is 25.6 Å². The van der Waals surface area contributed by atoms with E-state index in [1.165, 1.54) is 18.7 Å². The van der Waals surface area contributed by atoms with Crippen LogP contribution in [0.5, 0.6) is 0 Å². The van der Waals surface area contributed by atoms with Crippen LogP contribution in [-0.4, -0.2) is 59.2 Å². The van der Waals surface area contributed by atoms with E-state index in [1.807, 2.05) is 18.2 Å². The Kier molecular flexibility index (Phi) is 9.45. The molecule has 2 aromatic rings. The summed E-state index contributed by atoms with van der Waals surface area (Å²) >= 11 is 0. The monoisotopic (exact) mass is 508 g/mol. The zero-order valence-electron chi connectivity index (χ0n) is 20.9. The smallest absolute Gasteiger partial charge is 0.343 e. The summed E-state index contributed by atoms with van der Waals surface area (Å²) in [5.41, 5.74) is 6.61. The van der Waals surface area contributed by atoms with E-state index < -0.39 is 47.8 Å². The van der Waals surface area contributed by atoms with Crippen LogP contribution in [0, 0.1) is 4.91 Å². The predicted molar refractivity (Wildman–Crippen MR) is 137 cm³/mol. The van der Waals surface area contributed by atoms with Gasteiger partial charge in [-0.15, -0.1) is 0 Å². The second-order valence-electron chi connectivity index (χ2n) is 9.03. The average molecular weight is 509 g/mol. The van der Waals surface area contributed by atoms with Gasteiger partial charge in [-0.05, 0) is 44.4 Å². The van der Waals surface area contributed by atoms with Crippen molar-refractivity contribution in [1.29, 1.82) is 0 Å². The minimum atomic E-state index is -1.11. The molecular weight excluding hydrogens is 476 g/mol. The second-order valence-corrected chi connectivity index (χ2v) is 9.03. The predicted octanol–water partition coefficient (Wildman–Crippen LogP) is 0.607. The van der Waals surface area contributed by atoms with Crippen LogP contribution in [0.15, 0.2) is 60.7 Å². The molecule has 4 amide bonds. The van der Waals surface area contributed by atoms with E-state index in [0.29, 0.717) is 19.4 Å². The minimum absolute atomic E-state index is 0.117. The van der Waals surface area contributed by atoms with Gasteiger partial charge in [-0.25, -0.2) is 0 Å². The van der Waals surface area contributed by atoms with Gasteiger partial charge >= 0.3 is 11.2 Å². The molecule has 1 aliphatic heterocycles. The Morgan fingerprint density at radius 1 is 1.03 bits per heavy atom. The Balaban J connectivity index is 1.79. The van der Waals surface area contributed by atoms with Gasteiger partial charge < -0.3 is 21.3 Å². The molecule has 1 fully saturated rings. The molecule has 11 heteroatoms. The van der Waals surface area contributed by atoms with Crippen LogP contribution in [0.3, 0.4) is 0 Å². The van der Waals surface area contributed by atoms with Gasteiger partial charge in [-0.1, -0.05) is 48.5 Å². The molecule has 0 unspecified atom stereocenters. The first-order valence-corrected chi connectivity index (χ1v) is 12.2. The maximum atomic E-state index is 13.4. The lowest BCUT2D eigenvalue weighted by molar-refractivity contribution is -0.141. The molecule has 1 heterocycles. The summed E-state index contributed by atoms with van der Waals surface area (Å²) in [6.45, 7) is 3.37. The summed E-state index contributed by atoms with van der Waals surface area (Å²) in [6, 6.07) is 13.7. The van der Waals surface area contributed by atoms with Crippen LogP contribution in [0.4, 0.5) is 5.69 Å². The molecule has 37 heavy (non-hydrogen) atoms. The maximum Gasteiger partial charge on any atom is 0.494 e. The van der Waals surface area contributed by atoms with Crippen LogP contribution in [0.25, 0.3) is 0 Å². The van der Waals surface area contributed by atoms with E-state index in [-0.39, 0.29) is 12.1 Å². The number of para-hydroxylation sites is 1. The zero-order chi connectivity index (χ0) is 26.9. The largest absolute Gasteiger partial charge is 0.494 e. The lowest BCUT2D eigenvalue weighted by Crippen LogP contribution is -2.57. The van der Waals surface area contributed by atoms with Gasteiger partial charge in [-0.3, -0.25) is 19.2 Å². The molecule has 1 radical (unpaired) electrons. The Morgan fingerprint density at radius 2 is 1.65 bits per heavy atom. The van der Waals surface area contributed by atoms with Gasteiger partial charge in [0.1, 0.15) is 28.7 Å². The first-order valence-electron chi connectivity index (χ1n) is 12.2. The Labute approximate surface area is 215 Å². The molecule has 1 aliphatic rings. The molecule has 0 saturated carbocycles. The van der Waals surface area contributed by atoms with Crippen molar-refractivity contribution in [3.05, 3.63) is 71.1 Å². The molecule has 0 aromatic heterocycles. The number of hydrogen-bond acceptors (Lipinski definition) is 7. The van der Waals surface area contributed by atoms with E-state index >= 15 is 0 Å². The number of nitroso groups, excluding NO2 is 1. The summed E-state index contributed by atoms with van der Waals surface area (Å²) in [5.74, 6) is -2.12. The number of carbonyl (C=O) groups excluding carboxylic acids is 4. The van der Waals surface area contributed by atoms with Crippen LogP contribution in [0.2, 0.25) is 0 Å². The van der Waals surface area contributed by atoms with Gasteiger partial charge in [0, 0.05) is 18.0 Å². The number of hydrogen-bond donors (Lipinski definition) is 3. The van der Waals surface area contributed by atoms with Crippen molar-refractivity contribution in [2.45, 2.75) is 57.3 Å². The Bertz CT molecular complexity index is 1110. The third-order valence-electron chi connectivity index (χ3n) is 6.17. The van der Waals surface area contributed by atoms with Gasteiger partial charge in [0.05, 0.1) is 6.04 Å². The van der Waals surface area contributed by atoms with Crippen LogP contribution < -0.4 is 26.7 Å². The number of benzene rings is 2. The molecule has 4 atom stereocenters. The van der Waals surface area contributed by atoms with Crippen LogP contribution >= 0.6 is 0 Å². The standard InChI is InChI=1S/C26H32N6O5/c1-17(27)23(33)28-18(2)25(35)31-15-9-14-22(31)24(34)29-21(16-19-10-5-3-6-11-19)26(36)32(30-37)20-12-7-4-8-13-20/h3-8,10-13,17-18,21-22H,9,14-16,27H2,1-2H3,(H,28,33)(H,29,34)/q+1/t17-,18-,21-,22-/m0/s1.